The van der Waals surface area contributed by atoms with Crippen molar-refractivity contribution < 1.29 is 4.74 Å². The number of aromatic nitrogens is 3. The number of halogens is 1. The highest BCUT2D eigenvalue weighted by molar-refractivity contribution is 6.30. The third kappa shape index (κ3) is 4.11. The first-order chi connectivity index (χ1) is 11.6. The molecule has 0 fully saturated rings. The van der Waals surface area contributed by atoms with E-state index in [-0.39, 0.29) is 12.6 Å². The molecule has 0 bridgehead atoms. The van der Waals surface area contributed by atoms with Crippen LogP contribution in [0.2, 0.25) is 5.02 Å². The molecular weight excluding hydrogens is 326 g/mol. The van der Waals surface area contributed by atoms with Crippen LogP contribution in [0.5, 0.6) is 5.75 Å². The second kappa shape index (κ2) is 7.14. The molecule has 7 heteroatoms. The zero-order valence-corrected chi connectivity index (χ0v) is 13.8. The molecule has 0 saturated carbocycles. The van der Waals surface area contributed by atoms with Gasteiger partial charge in [-0.15, -0.1) is 0 Å². The fourth-order valence-corrected chi connectivity index (χ4v) is 2.35. The molecule has 1 heterocycles. The largest absolute Gasteiger partial charge is 0.485 e. The molecular formula is C17H16ClN5O. The Morgan fingerprint density at radius 2 is 1.88 bits per heavy atom. The van der Waals surface area contributed by atoms with E-state index < -0.39 is 0 Å². The van der Waals surface area contributed by atoms with Crippen LogP contribution in [0, 0.1) is 6.92 Å². The van der Waals surface area contributed by atoms with Crippen LogP contribution in [-0.2, 0) is 6.61 Å². The molecule has 2 aromatic carbocycles. The Kier molecular flexibility index (Phi) is 4.77. The van der Waals surface area contributed by atoms with Crippen molar-refractivity contribution in [3.05, 3.63) is 64.9 Å². The Morgan fingerprint density at radius 3 is 2.62 bits per heavy atom. The van der Waals surface area contributed by atoms with Gasteiger partial charge in [0.2, 0.25) is 11.9 Å². The maximum Gasteiger partial charge on any atom is 0.232 e. The number of hydrogen-bond donors (Lipinski definition) is 2. The fraction of sp³-hybridized carbons (Fsp3) is 0.118. The summed E-state index contributed by atoms with van der Waals surface area (Å²) in [5, 5.41) is 3.75. The first kappa shape index (κ1) is 16.0. The van der Waals surface area contributed by atoms with Gasteiger partial charge >= 0.3 is 0 Å². The van der Waals surface area contributed by atoms with Crippen LogP contribution in [0.15, 0.2) is 48.5 Å². The van der Waals surface area contributed by atoms with Gasteiger partial charge in [0.1, 0.15) is 12.4 Å². The number of nitrogen functional groups attached to an aromatic ring is 1. The normalized spacial score (nSPS) is 10.4. The Hall–Kier alpha value is -2.86. The number of para-hydroxylation sites is 1. The topological polar surface area (TPSA) is 86.0 Å². The molecule has 3 N–H and O–H groups in total. The molecule has 0 radical (unpaired) electrons. The third-order valence-corrected chi connectivity index (χ3v) is 3.46. The summed E-state index contributed by atoms with van der Waals surface area (Å²) < 4.78 is 5.74. The minimum absolute atomic E-state index is 0.134. The van der Waals surface area contributed by atoms with E-state index in [9.17, 15) is 0 Å². The van der Waals surface area contributed by atoms with Crippen LogP contribution < -0.4 is 15.8 Å². The third-order valence-electron chi connectivity index (χ3n) is 3.22. The number of nitrogens with zero attached hydrogens (tertiary/aromatic N) is 3. The second-order valence-electron chi connectivity index (χ2n) is 5.12. The van der Waals surface area contributed by atoms with Gasteiger partial charge in [-0.1, -0.05) is 29.8 Å². The summed E-state index contributed by atoms with van der Waals surface area (Å²) >= 11 is 5.94. The van der Waals surface area contributed by atoms with Gasteiger partial charge < -0.3 is 15.8 Å². The molecule has 0 saturated heterocycles. The van der Waals surface area contributed by atoms with Gasteiger partial charge in [-0.3, -0.25) is 0 Å². The number of benzene rings is 2. The summed E-state index contributed by atoms with van der Waals surface area (Å²) in [6.07, 6.45) is 0. The highest BCUT2D eigenvalue weighted by atomic mass is 35.5. The minimum atomic E-state index is 0.134. The number of nitrogens with one attached hydrogen (secondary N) is 1. The Labute approximate surface area is 144 Å². The SMILES string of the molecule is Cc1cc(Cl)ccc1OCc1nc(N)nc(Nc2ccccc2)n1. The summed E-state index contributed by atoms with van der Waals surface area (Å²) in [6.45, 7) is 2.10. The Balaban J connectivity index is 1.74. The highest BCUT2D eigenvalue weighted by Gasteiger charge is 2.07. The number of anilines is 3. The van der Waals surface area contributed by atoms with Crippen molar-refractivity contribution in [1.82, 2.24) is 15.0 Å². The zero-order valence-electron chi connectivity index (χ0n) is 13.0. The molecule has 1 aromatic heterocycles. The van der Waals surface area contributed by atoms with E-state index in [2.05, 4.69) is 20.3 Å². The van der Waals surface area contributed by atoms with Crippen LogP contribution >= 0.6 is 11.6 Å². The number of aryl methyl sites for hydroxylation is 1. The summed E-state index contributed by atoms with van der Waals surface area (Å²) in [5.74, 6) is 1.67. The molecule has 0 aliphatic carbocycles. The minimum Gasteiger partial charge on any atom is -0.485 e. The lowest BCUT2D eigenvalue weighted by Crippen LogP contribution is -2.09. The molecule has 0 amide bonds. The van der Waals surface area contributed by atoms with Crippen molar-refractivity contribution >= 4 is 29.2 Å². The lowest BCUT2D eigenvalue weighted by molar-refractivity contribution is 0.294. The highest BCUT2D eigenvalue weighted by Crippen LogP contribution is 2.22. The summed E-state index contributed by atoms with van der Waals surface area (Å²) in [6, 6.07) is 15.0. The maximum atomic E-state index is 5.94. The summed E-state index contributed by atoms with van der Waals surface area (Å²) in [4.78, 5) is 12.5. The number of ether oxygens (including phenoxy) is 1. The van der Waals surface area contributed by atoms with E-state index in [1.165, 1.54) is 0 Å². The second-order valence-corrected chi connectivity index (χ2v) is 5.56. The lowest BCUT2D eigenvalue weighted by Gasteiger charge is -2.10. The average Bonchev–Trinajstić information content (AvgIpc) is 2.54. The Morgan fingerprint density at radius 1 is 1.08 bits per heavy atom. The molecule has 0 aliphatic rings. The van der Waals surface area contributed by atoms with Gasteiger partial charge in [0.05, 0.1) is 0 Å². The van der Waals surface area contributed by atoms with Crippen molar-refractivity contribution in [2.45, 2.75) is 13.5 Å². The molecule has 0 spiro atoms. The van der Waals surface area contributed by atoms with Crippen LogP contribution in [0.4, 0.5) is 17.6 Å². The Bertz CT molecular complexity index is 842. The molecule has 6 nitrogen and oxygen atoms in total. The van der Waals surface area contributed by atoms with Crippen LogP contribution in [-0.4, -0.2) is 15.0 Å². The van der Waals surface area contributed by atoms with Crippen molar-refractivity contribution in [2.24, 2.45) is 0 Å². The van der Waals surface area contributed by atoms with Gasteiger partial charge in [-0.25, -0.2) is 0 Å². The molecule has 0 atom stereocenters. The molecule has 24 heavy (non-hydrogen) atoms. The van der Waals surface area contributed by atoms with Gasteiger partial charge in [0.25, 0.3) is 0 Å². The molecule has 0 aliphatic heterocycles. The van der Waals surface area contributed by atoms with E-state index in [0.717, 1.165) is 17.0 Å². The van der Waals surface area contributed by atoms with Crippen molar-refractivity contribution in [2.75, 3.05) is 11.1 Å². The van der Waals surface area contributed by atoms with Crippen LogP contribution in [0.25, 0.3) is 0 Å². The van der Waals surface area contributed by atoms with Crippen molar-refractivity contribution in [3.63, 3.8) is 0 Å². The van der Waals surface area contributed by atoms with Gasteiger partial charge in [-0.2, -0.15) is 15.0 Å². The fourth-order valence-electron chi connectivity index (χ4n) is 2.13. The number of hydrogen-bond acceptors (Lipinski definition) is 6. The maximum absolute atomic E-state index is 5.94. The van der Waals surface area contributed by atoms with Crippen LogP contribution in [0.1, 0.15) is 11.4 Å². The van der Waals surface area contributed by atoms with E-state index in [0.29, 0.717) is 16.8 Å². The van der Waals surface area contributed by atoms with Crippen LogP contribution in [0.3, 0.4) is 0 Å². The van der Waals surface area contributed by atoms with E-state index in [1.807, 2.05) is 49.4 Å². The molecule has 0 unspecified atom stereocenters. The zero-order chi connectivity index (χ0) is 16.9. The first-order valence-electron chi connectivity index (χ1n) is 7.31. The van der Waals surface area contributed by atoms with Gasteiger partial charge in [0.15, 0.2) is 5.82 Å². The molecule has 122 valence electrons. The van der Waals surface area contributed by atoms with E-state index >= 15 is 0 Å². The predicted molar refractivity (Wildman–Crippen MR) is 94.5 cm³/mol. The average molecular weight is 342 g/mol. The summed E-state index contributed by atoms with van der Waals surface area (Å²) in [7, 11) is 0. The van der Waals surface area contributed by atoms with E-state index in [4.69, 9.17) is 22.1 Å². The van der Waals surface area contributed by atoms with Gasteiger partial charge in [-0.05, 0) is 42.8 Å². The lowest BCUT2D eigenvalue weighted by atomic mass is 10.2. The smallest absolute Gasteiger partial charge is 0.232 e. The summed E-state index contributed by atoms with van der Waals surface area (Å²) in [5.41, 5.74) is 7.56. The predicted octanol–water partition coefficient (Wildman–Crippen LogP) is 3.74. The number of rotatable bonds is 5. The van der Waals surface area contributed by atoms with Gasteiger partial charge in [0, 0.05) is 10.7 Å². The van der Waals surface area contributed by atoms with Crippen molar-refractivity contribution in [3.8, 4) is 5.75 Å². The number of nitrogens with two attached hydrogens (primary N) is 1. The molecule has 3 rings (SSSR count). The quantitative estimate of drug-likeness (QED) is 0.735. The molecule has 3 aromatic rings. The van der Waals surface area contributed by atoms with Crippen molar-refractivity contribution in [1.29, 1.82) is 0 Å². The first-order valence-corrected chi connectivity index (χ1v) is 7.69. The standard InChI is InChI=1S/C17H16ClN5O/c1-11-9-12(18)7-8-14(11)24-10-15-21-16(19)23-17(22-15)20-13-5-3-2-4-6-13/h2-9H,10H2,1H3,(H3,19,20,21,22,23). The monoisotopic (exact) mass is 341 g/mol. The van der Waals surface area contributed by atoms with E-state index in [1.54, 1.807) is 6.07 Å².